The first-order valence-electron chi connectivity index (χ1n) is 15.0. The summed E-state index contributed by atoms with van der Waals surface area (Å²) in [6, 6.07) is 13.4. The van der Waals surface area contributed by atoms with Gasteiger partial charge in [0.05, 0.1) is 24.0 Å². The van der Waals surface area contributed by atoms with Gasteiger partial charge < -0.3 is 34.6 Å². The van der Waals surface area contributed by atoms with Gasteiger partial charge in [0.1, 0.15) is 22.1 Å². The Balaban J connectivity index is 1.27. The Labute approximate surface area is 268 Å². The highest BCUT2D eigenvalue weighted by Gasteiger charge is 2.45. The number of piperazine rings is 1. The number of nitrogens with one attached hydrogen (secondary N) is 2. The van der Waals surface area contributed by atoms with Crippen molar-refractivity contribution in [1.29, 1.82) is 0 Å². The average Bonchev–Trinajstić information content (AvgIpc) is 3.79. The molecule has 1 amide bonds. The Morgan fingerprint density at radius 3 is 2.58 bits per heavy atom. The van der Waals surface area contributed by atoms with Gasteiger partial charge in [-0.3, -0.25) is 4.79 Å². The lowest BCUT2D eigenvalue weighted by Crippen LogP contribution is -2.50. The number of hydrogen-bond acceptors (Lipinski definition) is 10. The lowest BCUT2D eigenvalue weighted by molar-refractivity contribution is -0.115. The van der Waals surface area contributed by atoms with Crippen molar-refractivity contribution in [3.8, 4) is 17.4 Å². The molecule has 0 saturated carbocycles. The molecule has 45 heavy (non-hydrogen) atoms. The van der Waals surface area contributed by atoms with Crippen LogP contribution in [0.4, 0.5) is 22.1 Å². The molecule has 2 fully saturated rings. The molecule has 0 bridgehead atoms. The molecule has 12 heteroatoms. The van der Waals surface area contributed by atoms with Gasteiger partial charge in [0.25, 0.3) is 0 Å². The van der Waals surface area contributed by atoms with Crippen molar-refractivity contribution in [3.05, 3.63) is 71.9 Å². The summed E-state index contributed by atoms with van der Waals surface area (Å²) in [6.45, 7) is 14.7. The number of nitrogens with zero attached hydrogens (tertiary/aromatic N) is 4. The average molecular weight is 635 g/mol. The summed E-state index contributed by atoms with van der Waals surface area (Å²) in [6.07, 6.45) is 2.85. The smallest absolute Gasteiger partial charge is 0.410 e. The number of allylic oxidation sites excluding steroid dienone is 1. The van der Waals surface area contributed by atoms with E-state index >= 15 is 0 Å². The summed E-state index contributed by atoms with van der Waals surface area (Å²) < 4.78 is 17.6. The van der Waals surface area contributed by atoms with E-state index in [9.17, 15) is 9.59 Å². The van der Waals surface area contributed by atoms with Crippen molar-refractivity contribution < 1.29 is 23.8 Å². The first-order valence-corrected chi connectivity index (χ1v) is 15.3. The van der Waals surface area contributed by atoms with Crippen LogP contribution < -0.4 is 25.0 Å². The summed E-state index contributed by atoms with van der Waals surface area (Å²) in [5.41, 5.74) is 1.65. The first kappa shape index (κ1) is 32.1. The van der Waals surface area contributed by atoms with Gasteiger partial charge >= 0.3 is 6.09 Å². The predicted octanol–water partition coefficient (Wildman–Crippen LogP) is 6.07. The van der Waals surface area contributed by atoms with Crippen molar-refractivity contribution in [2.24, 2.45) is 0 Å². The third kappa shape index (κ3) is 8.03. The summed E-state index contributed by atoms with van der Waals surface area (Å²) in [7, 11) is 0. The monoisotopic (exact) mass is 634 g/mol. The zero-order valence-corrected chi connectivity index (χ0v) is 26.8. The lowest BCUT2D eigenvalue weighted by atomic mass is 9.93. The topological polar surface area (TPSA) is 128 Å². The highest BCUT2D eigenvalue weighted by Crippen LogP contribution is 2.38. The van der Waals surface area contributed by atoms with E-state index in [2.05, 4.69) is 32.1 Å². The predicted molar refractivity (Wildman–Crippen MR) is 174 cm³/mol. The van der Waals surface area contributed by atoms with Crippen molar-refractivity contribution in [1.82, 2.24) is 20.2 Å². The van der Waals surface area contributed by atoms with Crippen LogP contribution in [0.1, 0.15) is 39.7 Å². The molecule has 2 aliphatic rings. The zero-order valence-electron chi connectivity index (χ0n) is 26.1. The lowest BCUT2D eigenvalue weighted by Gasteiger charge is -2.37. The minimum Gasteiger partial charge on any atom is -0.492 e. The molecule has 5 rings (SSSR count). The van der Waals surface area contributed by atoms with E-state index in [0.717, 1.165) is 11.3 Å². The van der Waals surface area contributed by atoms with E-state index in [-0.39, 0.29) is 28.7 Å². The molecule has 0 radical (unpaired) electrons. The minimum atomic E-state index is -0.527. The van der Waals surface area contributed by atoms with Crippen LogP contribution in [0, 0.1) is 0 Å². The third-order valence-electron chi connectivity index (χ3n) is 7.43. The van der Waals surface area contributed by atoms with Crippen LogP contribution >= 0.6 is 11.6 Å². The number of ether oxygens (including phenoxy) is 3. The maximum atomic E-state index is 12.5. The zero-order chi connectivity index (χ0) is 32.2. The molecule has 1 atom stereocenters. The Kier molecular flexibility index (Phi) is 9.50. The van der Waals surface area contributed by atoms with Gasteiger partial charge in [0, 0.05) is 50.9 Å². The van der Waals surface area contributed by atoms with Crippen LogP contribution in [0.2, 0.25) is 5.02 Å². The quantitative estimate of drug-likeness (QED) is 0.190. The van der Waals surface area contributed by atoms with Crippen LogP contribution in [0.3, 0.4) is 0 Å². The van der Waals surface area contributed by atoms with Crippen molar-refractivity contribution >= 4 is 40.8 Å². The molecule has 2 N–H and O–H groups in total. The molecule has 0 aliphatic carbocycles. The second-order valence-electron chi connectivity index (χ2n) is 12.0. The molecule has 2 aliphatic heterocycles. The number of rotatable bonds is 11. The molecule has 238 valence electrons. The van der Waals surface area contributed by atoms with E-state index in [1.54, 1.807) is 11.0 Å². The summed E-state index contributed by atoms with van der Waals surface area (Å²) in [5.74, 6) is 1.60. The van der Waals surface area contributed by atoms with Crippen LogP contribution in [-0.4, -0.2) is 71.7 Å². The number of halogens is 1. The Morgan fingerprint density at radius 1 is 1.16 bits per heavy atom. The van der Waals surface area contributed by atoms with Gasteiger partial charge in [0.2, 0.25) is 11.8 Å². The number of hydrogen-bond donors (Lipinski definition) is 2. The molecule has 2 saturated heterocycles. The van der Waals surface area contributed by atoms with Crippen LogP contribution in [0.5, 0.6) is 17.4 Å². The number of carbonyl (C=O) groups excluding carboxylic acids is 2. The van der Waals surface area contributed by atoms with E-state index in [1.165, 1.54) is 12.3 Å². The molecule has 3 aromatic rings. The van der Waals surface area contributed by atoms with Crippen LogP contribution in [0.25, 0.3) is 0 Å². The standard InChI is InChI=1S/C33H39ClN6O5/c1-6-24(41)19-33(21-36-33)22-9-8-10-25(17-22)44-29-26(34)20-35-30(38-29)37-27-12-11-23(18-28(27)43-7-2)39-13-15-40(16-14-39)31(42)45-32(3,4)5/h6,8-12,17-18,20,36H,1,7,13-16,19,21H2,2-5H3,(H,35,37,38). The fourth-order valence-electron chi connectivity index (χ4n) is 5.04. The van der Waals surface area contributed by atoms with E-state index in [1.807, 2.05) is 64.1 Å². The van der Waals surface area contributed by atoms with Crippen molar-refractivity contribution in [2.75, 3.05) is 49.5 Å². The molecule has 3 heterocycles. The van der Waals surface area contributed by atoms with E-state index < -0.39 is 11.1 Å². The Hall–Kier alpha value is -4.35. The van der Waals surface area contributed by atoms with Crippen molar-refractivity contribution in [2.45, 2.75) is 45.3 Å². The number of benzene rings is 2. The maximum absolute atomic E-state index is 12.5. The molecule has 2 aromatic carbocycles. The molecule has 1 aromatic heterocycles. The number of anilines is 3. The maximum Gasteiger partial charge on any atom is 0.410 e. The van der Waals surface area contributed by atoms with Gasteiger partial charge in [-0.1, -0.05) is 30.3 Å². The summed E-state index contributed by atoms with van der Waals surface area (Å²) in [4.78, 5) is 37.3. The fraction of sp³-hybridized carbons (Fsp3) is 0.394. The number of ketones is 1. The fourth-order valence-corrected chi connectivity index (χ4v) is 5.17. The summed E-state index contributed by atoms with van der Waals surface area (Å²) >= 11 is 6.42. The highest BCUT2D eigenvalue weighted by atomic mass is 35.5. The number of aromatic nitrogens is 2. The van der Waals surface area contributed by atoms with Gasteiger partial charge in [-0.25, -0.2) is 9.78 Å². The first-order chi connectivity index (χ1) is 21.5. The number of amides is 1. The molecular formula is C33H39ClN6O5. The largest absolute Gasteiger partial charge is 0.492 e. The Bertz CT molecular complexity index is 1560. The van der Waals surface area contributed by atoms with Gasteiger partial charge in [-0.15, -0.1) is 0 Å². The van der Waals surface area contributed by atoms with E-state index in [0.29, 0.717) is 62.9 Å². The van der Waals surface area contributed by atoms with Crippen molar-refractivity contribution in [3.63, 3.8) is 0 Å². The second kappa shape index (κ2) is 13.3. The second-order valence-corrected chi connectivity index (χ2v) is 12.4. The highest BCUT2D eigenvalue weighted by molar-refractivity contribution is 6.31. The SMILES string of the molecule is C=CC(=O)CC1(c2cccc(Oc3nc(Nc4ccc(N5CCN(C(=O)OC(C)(C)C)CC5)cc4OCC)ncc3Cl)c2)CN1. The molecular weight excluding hydrogens is 596 g/mol. The third-order valence-corrected chi connectivity index (χ3v) is 7.69. The number of carbonyl (C=O) groups is 2. The van der Waals surface area contributed by atoms with E-state index in [4.69, 9.17) is 25.8 Å². The van der Waals surface area contributed by atoms with Gasteiger partial charge in [0.15, 0.2) is 5.78 Å². The van der Waals surface area contributed by atoms with Crippen LogP contribution in [-0.2, 0) is 15.1 Å². The minimum absolute atomic E-state index is 0.0268. The Morgan fingerprint density at radius 2 is 1.91 bits per heavy atom. The van der Waals surface area contributed by atoms with Gasteiger partial charge in [-0.05, 0) is 63.6 Å². The molecule has 1 unspecified atom stereocenters. The summed E-state index contributed by atoms with van der Waals surface area (Å²) in [5, 5.41) is 6.78. The van der Waals surface area contributed by atoms with Gasteiger partial charge in [-0.2, -0.15) is 4.98 Å². The normalized spacial score (nSPS) is 17.8. The van der Waals surface area contributed by atoms with Crippen LogP contribution in [0.15, 0.2) is 61.3 Å². The molecule has 0 spiro atoms. The molecule has 11 nitrogen and oxygen atoms in total.